The molecule has 8 heteroatoms. The maximum atomic E-state index is 11.7. The molecule has 0 amide bonds. The summed E-state index contributed by atoms with van der Waals surface area (Å²) >= 11 is 0. The van der Waals surface area contributed by atoms with E-state index in [1.807, 2.05) is 0 Å². The van der Waals surface area contributed by atoms with Crippen LogP contribution in [0.25, 0.3) is 0 Å². The molecule has 2 aromatic rings. The zero-order valence-electron chi connectivity index (χ0n) is 11.3. The van der Waals surface area contributed by atoms with Gasteiger partial charge in [-0.1, -0.05) is 6.92 Å². The van der Waals surface area contributed by atoms with Gasteiger partial charge in [0.15, 0.2) is 9.84 Å². The molecule has 0 atom stereocenters. The zero-order chi connectivity index (χ0) is 15.5. The molecule has 0 spiro atoms. The van der Waals surface area contributed by atoms with E-state index in [4.69, 9.17) is 4.42 Å². The topological polar surface area (TPSA) is 102 Å². The van der Waals surface area contributed by atoms with Crippen molar-refractivity contribution in [2.45, 2.75) is 18.4 Å². The van der Waals surface area contributed by atoms with Gasteiger partial charge < -0.3 is 9.73 Å². The van der Waals surface area contributed by atoms with Gasteiger partial charge in [0.1, 0.15) is 10.7 Å². The molecule has 21 heavy (non-hydrogen) atoms. The summed E-state index contributed by atoms with van der Waals surface area (Å²) in [6.45, 7) is 1.86. The normalized spacial score (nSPS) is 11.3. The lowest BCUT2D eigenvalue weighted by atomic mass is 10.3. The number of nitrogens with zero attached hydrogens (tertiary/aromatic N) is 1. The average Bonchev–Trinajstić information content (AvgIpc) is 2.95. The van der Waals surface area contributed by atoms with Gasteiger partial charge in [0.2, 0.25) is 0 Å². The summed E-state index contributed by atoms with van der Waals surface area (Å²) < 4.78 is 28.3. The number of furan rings is 1. The van der Waals surface area contributed by atoms with Crippen molar-refractivity contribution in [1.29, 1.82) is 0 Å². The van der Waals surface area contributed by atoms with Crippen LogP contribution in [0.1, 0.15) is 12.7 Å². The molecule has 1 N–H and O–H groups in total. The van der Waals surface area contributed by atoms with Crippen LogP contribution in [-0.4, -0.2) is 19.1 Å². The summed E-state index contributed by atoms with van der Waals surface area (Å²) in [5, 5.41) is 13.5. The van der Waals surface area contributed by atoms with Crippen molar-refractivity contribution >= 4 is 21.4 Å². The van der Waals surface area contributed by atoms with Gasteiger partial charge in [-0.05, 0) is 30.3 Å². The van der Waals surface area contributed by atoms with E-state index in [0.717, 1.165) is 0 Å². The molecule has 0 aliphatic rings. The third-order valence-electron chi connectivity index (χ3n) is 2.89. The van der Waals surface area contributed by atoms with Gasteiger partial charge in [-0.25, -0.2) is 8.42 Å². The van der Waals surface area contributed by atoms with E-state index in [1.54, 1.807) is 19.1 Å². The maximum absolute atomic E-state index is 11.7. The molecule has 112 valence electrons. The first-order valence-corrected chi connectivity index (χ1v) is 7.87. The Kier molecular flexibility index (Phi) is 4.27. The smallest absolute Gasteiger partial charge is 0.404 e. The lowest BCUT2D eigenvalue weighted by Crippen LogP contribution is -2.04. The van der Waals surface area contributed by atoms with Crippen molar-refractivity contribution in [3.63, 3.8) is 0 Å². The Morgan fingerprint density at radius 1 is 1.19 bits per heavy atom. The lowest BCUT2D eigenvalue weighted by molar-refractivity contribution is -0.402. The summed E-state index contributed by atoms with van der Waals surface area (Å²) in [6.07, 6.45) is 0. The van der Waals surface area contributed by atoms with Gasteiger partial charge in [0, 0.05) is 5.69 Å². The fraction of sp³-hybridized carbons (Fsp3) is 0.231. The van der Waals surface area contributed by atoms with Crippen molar-refractivity contribution in [2.24, 2.45) is 0 Å². The predicted molar refractivity (Wildman–Crippen MR) is 76.9 cm³/mol. The monoisotopic (exact) mass is 310 g/mol. The van der Waals surface area contributed by atoms with Crippen molar-refractivity contribution in [3.8, 4) is 0 Å². The minimum Gasteiger partial charge on any atom is -0.404 e. The molecule has 0 aliphatic carbocycles. The molecular formula is C13H14N2O5S. The number of anilines is 1. The molecule has 0 aliphatic heterocycles. The van der Waals surface area contributed by atoms with Crippen LogP contribution < -0.4 is 5.32 Å². The van der Waals surface area contributed by atoms with E-state index in [2.05, 4.69) is 5.32 Å². The van der Waals surface area contributed by atoms with Crippen LogP contribution in [0.5, 0.6) is 0 Å². The molecular weight excluding hydrogens is 296 g/mol. The molecule has 1 aromatic carbocycles. The summed E-state index contributed by atoms with van der Waals surface area (Å²) in [4.78, 5) is 10.1. The highest BCUT2D eigenvalue weighted by molar-refractivity contribution is 7.91. The van der Waals surface area contributed by atoms with Crippen molar-refractivity contribution in [2.75, 3.05) is 11.1 Å². The third-order valence-corrected chi connectivity index (χ3v) is 4.64. The second-order valence-electron chi connectivity index (χ2n) is 4.28. The maximum Gasteiger partial charge on any atom is 0.433 e. The summed E-state index contributed by atoms with van der Waals surface area (Å²) in [5.41, 5.74) is 0.698. The van der Waals surface area contributed by atoms with E-state index in [9.17, 15) is 18.5 Å². The van der Waals surface area contributed by atoms with Crippen LogP contribution in [0.15, 0.2) is 45.7 Å². The Hall–Kier alpha value is -2.35. The Morgan fingerprint density at radius 3 is 2.38 bits per heavy atom. The van der Waals surface area contributed by atoms with Crippen LogP contribution in [0.2, 0.25) is 0 Å². The minimum absolute atomic E-state index is 0.0514. The van der Waals surface area contributed by atoms with Crippen LogP contribution in [-0.2, 0) is 16.4 Å². The highest BCUT2D eigenvalue weighted by atomic mass is 32.2. The molecule has 1 aromatic heterocycles. The van der Waals surface area contributed by atoms with E-state index < -0.39 is 14.8 Å². The van der Waals surface area contributed by atoms with Crippen molar-refractivity contribution in [3.05, 3.63) is 52.3 Å². The first kappa shape index (κ1) is 15.0. The molecule has 2 rings (SSSR count). The third kappa shape index (κ3) is 3.60. The number of nitro groups is 1. The molecule has 0 fully saturated rings. The molecule has 1 heterocycles. The van der Waals surface area contributed by atoms with E-state index in [1.165, 1.54) is 24.3 Å². The number of nitrogens with one attached hydrogen (secondary N) is 1. The van der Waals surface area contributed by atoms with Crippen LogP contribution in [0.4, 0.5) is 11.6 Å². The number of hydrogen-bond acceptors (Lipinski definition) is 6. The Balaban J connectivity index is 2.02. The van der Waals surface area contributed by atoms with Gasteiger partial charge in [0.05, 0.1) is 23.3 Å². The van der Waals surface area contributed by atoms with Crippen LogP contribution >= 0.6 is 0 Å². The van der Waals surface area contributed by atoms with Crippen LogP contribution in [0.3, 0.4) is 0 Å². The number of sulfone groups is 1. The fourth-order valence-corrected chi connectivity index (χ4v) is 2.58. The largest absolute Gasteiger partial charge is 0.433 e. The van der Waals surface area contributed by atoms with Gasteiger partial charge in [-0.15, -0.1) is 0 Å². The highest BCUT2D eigenvalue weighted by Gasteiger charge is 2.12. The first-order chi connectivity index (χ1) is 9.92. The number of rotatable bonds is 6. The van der Waals surface area contributed by atoms with Gasteiger partial charge in [-0.2, -0.15) is 0 Å². The first-order valence-electron chi connectivity index (χ1n) is 6.22. The highest BCUT2D eigenvalue weighted by Crippen LogP contribution is 2.18. The summed E-state index contributed by atoms with van der Waals surface area (Å²) in [6, 6.07) is 9.12. The minimum atomic E-state index is -3.21. The second kappa shape index (κ2) is 5.96. The molecule has 0 saturated heterocycles. The molecule has 0 saturated carbocycles. The summed E-state index contributed by atoms with van der Waals surface area (Å²) in [7, 11) is -3.21. The van der Waals surface area contributed by atoms with E-state index in [-0.39, 0.29) is 23.1 Å². The molecule has 0 unspecified atom stereocenters. The number of benzene rings is 1. The van der Waals surface area contributed by atoms with Crippen molar-refractivity contribution < 1.29 is 17.8 Å². The Bertz CT molecular complexity index is 734. The quantitative estimate of drug-likeness (QED) is 0.650. The van der Waals surface area contributed by atoms with E-state index >= 15 is 0 Å². The average molecular weight is 310 g/mol. The van der Waals surface area contributed by atoms with E-state index in [0.29, 0.717) is 11.4 Å². The molecule has 7 nitrogen and oxygen atoms in total. The fourth-order valence-electron chi connectivity index (χ4n) is 1.70. The van der Waals surface area contributed by atoms with Gasteiger partial charge >= 0.3 is 5.88 Å². The van der Waals surface area contributed by atoms with Gasteiger partial charge in [0.25, 0.3) is 0 Å². The Morgan fingerprint density at radius 2 is 1.86 bits per heavy atom. The molecule has 0 bridgehead atoms. The molecule has 0 radical (unpaired) electrons. The Labute approximate surface area is 121 Å². The second-order valence-corrected chi connectivity index (χ2v) is 6.56. The lowest BCUT2D eigenvalue weighted by Gasteiger charge is -2.06. The SMILES string of the molecule is CCS(=O)(=O)c1ccc(NCc2ccc([N+](=O)[O-])o2)cc1. The van der Waals surface area contributed by atoms with Crippen molar-refractivity contribution in [1.82, 2.24) is 0 Å². The van der Waals surface area contributed by atoms with Crippen LogP contribution in [0, 0.1) is 10.1 Å². The number of hydrogen-bond donors (Lipinski definition) is 1. The van der Waals surface area contributed by atoms with Gasteiger partial charge in [-0.3, -0.25) is 10.1 Å². The standard InChI is InChI=1S/C13H14N2O5S/c1-2-21(18,19)12-6-3-10(4-7-12)14-9-11-5-8-13(20-11)15(16)17/h3-8,14H,2,9H2,1H3. The predicted octanol–water partition coefficient (Wildman–Crippen LogP) is 2.59. The summed E-state index contributed by atoms with van der Waals surface area (Å²) in [5.74, 6) is 0.165. The zero-order valence-corrected chi connectivity index (χ0v) is 12.1.